The van der Waals surface area contributed by atoms with Gasteiger partial charge in [-0.3, -0.25) is 4.18 Å². The van der Waals surface area contributed by atoms with Gasteiger partial charge in [-0.05, 0) is 78.9 Å². The molecule has 0 bridgehead atoms. The zero-order chi connectivity index (χ0) is 21.9. The Hall–Kier alpha value is -1.95. The molecule has 0 amide bonds. The fourth-order valence-corrected chi connectivity index (χ4v) is 4.94. The van der Waals surface area contributed by atoms with E-state index in [0.29, 0.717) is 5.56 Å². The summed E-state index contributed by atoms with van der Waals surface area (Å²) in [5.74, 6) is 0.00935. The van der Waals surface area contributed by atoms with Crippen LogP contribution in [0, 0.1) is 17.4 Å². The van der Waals surface area contributed by atoms with Crippen LogP contribution >= 0.6 is 22.6 Å². The Bertz CT molecular complexity index is 1250. The number of hydrogen-bond acceptors (Lipinski definition) is 6. The third-order valence-corrected chi connectivity index (χ3v) is 7.41. The molecule has 0 aromatic heterocycles. The zero-order valence-corrected chi connectivity index (χ0v) is 20.0. The van der Waals surface area contributed by atoms with E-state index in [9.17, 15) is 16.8 Å². The topological polar surface area (TPSA) is 86.7 Å². The summed E-state index contributed by atoms with van der Waals surface area (Å²) in [4.78, 5) is 0.0271. The third kappa shape index (κ3) is 5.60. The SMILES string of the molecule is Cc1ccc(S(=O)(=O)OCc2cc(I)ccc2OS(=O)(=O)c2ccc(C)cc2)cc1. The van der Waals surface area contributed by atoms with Crippen LogP contribution in [0.15, 0.2) is 76.5 Å². The van der Waals surface area contributed by atoms with Gasteiger partial charge in [-0.1, -0.05) is 35.4 Å². The molecule has 3 rings (SSSR count). The van der Waals surface area contributed by atoms with Gasteiger partial charge in [0.05, 0.1) is 11.5 Å². The molecule has 30 heavy (non-hydrogen) atoms. The van der Waals surface area contributed by atoms with Gasteiger partial charge < -0.3 is 4.18 Å². The predicted molar refractivity (Wildman–Crippen MR) is 121 cm³/mol. The van der Waals surface area contributed by atoms with Crippen molar-refractivity contribution < 1.29 is 25.2 Å². The van der Waals surface area contributed by atoms with Gasteiger partial charge >= 0.3 is 10.1 Å². The van der Waals surface area contributed by atoms with Crippen molar-refractivity contribution >= 4 is 42.8 Å². The summed E-state index contributed by atoms with van der Waals surface area (Å²) in [7, 11) is -8.10. The maximum absolute atomic E-state index is 12.6. The van der Waals surface area contributed by atoms with Crippen LogP contribution in [0.5, 0.6) is 5.75 Å². The highest BCUT2D eigenvalue weighted by atomic mass is 127. The quantitative estimate of drug-likeness (QED) is 0.312. The molecule has 158 valence electrons. The lowest BCUT2D eigenvalue weighted by atomic mass is 10.2. The lowest BCUT2D eigenvalue weighted by Gasteiger charge is -2.13. The van der Waals surface area contributed by atoms with Crippen molar-refractivity contribution in [2.45, 2.75) is 30.2 Å². The van der Waals surface area contributed by atoms with Crippen LogP contribution in [-0.2, 0) is 31.0 Å². The number of benzene rings is 3. The van der Waals surface area contributed by atoms with Crippen molar-refractivity contribution in [1.29, 1.82) is 0 Å². The van der Waals surface area contributed by atoms with Crippen LogP contribution in [0.4, 0.5) is 0 Å². The predicted octanol–water partition coefficient (Wildman–Crippen LogP) is 4.58. The van der Waals surface area contributed by atoms with Gasteiger partial charge in [0.15, 0.2) is 0 Å². The van der Waals surface area contributed by atoms with E-state index >= 15 is 0 Å². The fraction of sp³-hybridized carbons (Fsp3) is 0.143. The van der Waals surface area contributed by atoms with E-state index in [2.05, 4.69) is 0 Å². The highest BCUT2D eigenvalue weighted by Gasteiger charge is 2.21. The molecule has 0 saturated heterocycles. The average Bonchev–Trinajstić information content (AvgIpc) is 2.69. The smallest absolute Gasteiger partial charge is 0.339 e. The van der Waals surface area contributed by atoms with Crippen LogP contribution < -0.4 is 4.18 Å². The van der Waals surface area contributed by atoms with Crippen molar-refractivity contribution in [3.8, 4) is 5.75 Å². The van der Waals surface area contributed by atoms with Crippen molar-refractivity contribution in [2.24, 2.45) is 0 Å². The molecule has 0 saturated carbocycles. The van der Waals surface area contributed by atoms with Crippen molar-refractivity contribution in [1.82, 2.24) is 0 Å². The molecule has 0 heterocycles. The van der Waals surface area contributed by atoms with Gasteiger partial charge in [-0.25, -0.2) is 0 Å². The molecular weight excluding hydrogens is 539 g/mol. The normalized spacial score (nSPS) is 12.0. The molecule has 0 fully saturated rings. The minimum Gasteiger partial charge on any atom is -0.379 e. The van der Waals surface area contributed by atoms with Crippen molar-refractivity contribution in [2.75, 3.05) is 0 Å². The summed E-state index contributed by atoms with van der Waals surface area (Å²) < 4.78 is 61.4. The molecule has 0 spiro atoms. The zero-order valence-electron chi connectivity index (χ0n) is 16.2. The first-order valence-corrected chi connectivity index (χ1v) is 12.7. The Morgan fingerprint density at radius 1 is 0.733 bits per heavy atom. The fourth-order valence-electron chi connectivity index (χ4n) is 2.53. The minimum absolute atomic E-state index is 0.00537. The van der Waals surface area contributed by atoms with Gasteiger partial charge in [0.2, 0.25) is 0 Å². The Labute approximate surface area is 190 Å². The molecule has 6 nitrogen and oxygen atoms in total. The van der Waals surface area contributed by atoms with Crippen LogP contribution in [0.2, 0.25) is 0 Å². The second-order valence-corrected chi connectivity index (χ2v) is 11.0. The highest BCUT2D eigenvalue weighted by molar-refractivity contribution is 14.1. The molecule has 0 N–H and O–H groups in total. The van der Waals surface area contributed by atoms with E-state index in [0.717, 1.165) is 14.7 Å². The van der Waals surface area contributed by atoms with Gasteiger partial charge in [0, 0.05) is 9.13 Å². The molecule has 3 aromatic carbocycles. The first-order valence-electron chi connectivity index (χ1n) is 8.82. The third-order valence-electron chi connectivity index (χ3n) is 4.21. The van der Waals surface area contributed by atoms with Gasteiger partial charge in [0.1, 0.15) is 10.6 Å². The van der Waals surface area contributed by atoms with Crippen LogP contribution in [0.1, 0.15) is 16.7 Å². The molecule has 9 heteroatoms. The van der Waals surface area contributed by atoms with Crippen molar-refractivity contribution in [3.05, 3.63) is 87.0 Å². The van der Waals surface area contributed by atoms with E-state index in [1.807, 2.05) is 36.4 Å². The van der Waals surface area contributed by atoms with Crippen LogP contribution in [0.3, 0.4) is 0 Å². The maximum atomic E-state index is 12.6. The summed E-state index contributed by atoms with van der Waals surface area (Å²) in [5.41, 5.74) is 2.13. The Morgan fingerprint density at radius 2 is 1.23 bits per heavy atom. The maximum Gasteiger partial charge on any atom is 0.339 e. The number of aryl methyl sites for hydroxylation is 2. The molecule has 0 aliphatic carbocycles. The molecule has 0 aliphatic rings. The molecule has 0 atom stereocenters. The first kappa shape index (κ1) is 22.7. The lowest BCUT2D eigenvalue weighted by Crippen LogP contribution is -2.12. The van der Waals surface area contributed by atoms with E-state index < -0.39 is 20.2 Å². The van der Waals surface area contributed by atoms with Crippen molar-refractivity contribution in [3.63, 3.8) is 0 Å². The molecule has 0 unspecified atom stereocenters. The summed E-state index contributed by atoms with van der Waals surface area (Å²) >= 11 is 2.04. The first-order chi connectivity index (χ1) is 14.1. The molecule has 3 aromatic rings. The van der Waals surface area contributed by atoms with Gasteiger partial charge in [0.25, 0.3) is 10.1 Å². The highest BCUT2D eigenvalue weighted by Crippen LogP contribution is 2.27. The van der Waals surface area contributed by atoms with E-state index in [1.54, 1.807) is 36.4 Å². The van der Waals surface area contributed by atoms with Crippen LogP contribution in [-0.4, -0.2) is 16.8 Å². The monoisotopic (exact) mass is 558 g/mol. The Balaban J connectivity index is 1.85. The second-order valence-electron chi connectivity index (χ2n) is 6.63. The van der Waals surface area contributed by atoms with Gasteiger partial charge in [-0.15, -0.1) is 0 Å². The van der Waals surface area contributed by atoms with E-state index in [1.165, 1.54) is 30.3 Å². The second kappa shape index (κ2) is 9.04. The minimum atomic E-state index is -4.08. The summed E-state index contributed by atoms with van der Waals surface area (Å²) in [6.45, 7) is 3.33. The number of rotatable bonds is 7. The lowest BCUT2D eigenvalue weighted by molar-refractivity contribution is 0.304. The number of hydrogen-bond donors (Lipinski definition) is 0. The number of halogens is 1. The largest absolute Gasteiger partial charge is 0.379 e. The summed E-state index contributed by atoms with van der Waals surface area (Å²) in [5, 5.41) is 0. The Morgan fingerprint density at radius 3 is 1.77 bits per heavy atom. The Kier molecular flexibility index (Phi) is 6.85. The average molecular weight is 558 g/mol. The molecule has 0 aliphatic heterocycles. The summed E-state index contributed by atoms with van der Waals surface area (Å²) in [6.07, 6.45) is 0. The molecular formula is C21H19IO6S2. The van der Waals surface area contributed by atoms with E-state index in [4.69, 9.17) is 8.37 Å². The summed E-state index contributed by atoms with van der Waals surface area (Å²) in [6, 6.07) is 17.3. The van der Waals surface area contributed by atoms with Gasteiger partial charge in [-0.2, -0.15) is 16.8 Å². The molecule has 0 radical (unpaired) electrons. The standard InChI is InChI=1S/C21H19IO6S2/c1-15-3-8-19(9-4-15)29(23,24)27-14-17-13-18(22)7-12-21(17)28-30(25,26)20-10-5-16(2)6-11-20/h3-13H,14H2,1-2H3. The van der Waals surface area contributed by atoms with E-state index in [-0.39, 0.29) is 22.1 Å². The van der Waals surface area contributed by atoms with Crippen LogP contribution in [0.25, 0.3) is 0 Å².